The Hall–Kier alpha value is -1.04. The van der Waals surface area contributed by atoms with Gasteiger partial charge in [0.2, 0.25) is 0 Å². The lowest BCUT2D eigenvalue weighted by Gasteiger charge is -2.21. The Labute approximate surface area is 95.7 Å². The molecule has 0 saturated heterocycles. The van der Waals surface area contributed by atoms with Crippen molar-refractivity contribution in [2.24, 2.45) is 0 Å². The number of amides is 1. The van der Waals surface area contributed by atoms with Crippen LogP contribution in [0.2, 0.25) is 0 Å². The van der Waals surface area contributed by atoms with Gasteiger partial charge in [-0.2, -0.15) is 13.2 Å². The maximum Gasteiger partial charge on any atom is 0.406 e. The molecule has 0 unspecified atom stereocenters. The summed E-state index contributed by atoms with van der Waals surface area (Å²) in [7, 11) is 0. The van der Waals surface area contributed by atoms with E-state index in [-0.39, 0.29) is 6.54 Å². The number of alkyl halides is 3. The van der Waals surface area contributed by atoms with Crippen molar-refractivity contribution in [1.29, 1.82) is 0 Å². The molecule has 0 spiro atoms. The highest BCUT2D eigenvalue weighted by atomic mass is 32.1. The van der Waals surface area contributed by atoms with Gasteiger partial charge < -0.3 is 4.90 Å². The number of rotatable bonds is 3. The molecule has 0 bridgehead atoms. The maximum atomic E-state index is 12.2. The van der Waals surface area contributed by atoms with Gasteiger partial charge in [-0.1, -0.05) is 0 Å². The first-order chi connectivity index (χ1) is 7.33. The van der Waals surface area contributed by atoms with Crippen molar-refractivity contribution in [3.63, 3.8) is 0 Å². The first-order valence-corrected chi connectivity index (χ1v) is 5.57. The first kappa shape index (κ1) is 13.0. The van der Waals surface area contributed by atoms with Gasteiger partial charge in [-0.05, 0) is 26.0 Å². The fourth-order valence-electron chi connectivity index (χ4n) is 1.25. The Balaban J connectivity index is 2.78. The van der Waals surface area contributed by atoms with E-state index < -0.39 is 18.6 Å². The van der Waals surface area contributed by atoms with Crippen molar-refractivity contribution in [3.05, 3.63) is 21.9 Å². The number of halogens is 3. The molecular formula is C10H12F3NOS. The van der Waals surface area contributed by atoms with Gasteiger partial charge in [0.1, 0.15) is 6.54 Å². The normalized spacial score (nSPS) is 11.6. The number of carbonyl (C=O) groups excluding carboxylic acids is 1. The smallest absolute Gasteiger partial charge is 0.329 e. The van der Waals surface area contributed by atoms with Crippen molar-refractivity contribution in [1.82, 2.24) is 4.90 Å². The van der Waals surface area contributed by atoms with E-state index >= 15 is 0 Å². The Morgan fingerprint density at radius 3 is 2.44 bits per heavy atom. The van der Waals surface area contributed by atoms with Gasteiger partial charge in [0, 0.05) is 11.4 Å². The van der Waals surface area contributed by atoms with Crippen LogP contribution in [0.5, 0.6) is 0 Å². The van der Waals surface area contributed by atoms with E-state index in [1.54, 1.807) is 12.1 Å². The molecule has 0 aliphatic rings. The summed E-state index contributed by atoms with van der Waals surface area (Å²) in [5.74, 6) is -0.557. The summed E-state index contributed by atoms with van der Waals surface area (Å²) in [4.78, 5) is 13.8. The lowest BCUT2D eigenvalue weighted by atomic mass is 10.3. The quantitative estimate of drug-likeness (QED) is 0.808. The molecule has 0 saturated carbocycles. The highest BCUT2D eigenvalue weighted by Gasteiger charge is 2.32. The van der Waals surface area contributed by atoms with Gasteiger partial charge in [-0.3, -0.25) is 4.79 Å². The molecule has 0 aromatic carbocycles. The van der Waals surface area contributed by atoms with E-state index in [2.05, 4.69) is 0 Å². The summed E-state index contributed by atoms with van der Waals surface area (Å²) < 4.78 is 36.6. The van der Waals surface area contributed by atoms with Gasteiger partial charge in [-0.25, -0.2) is 0 Å². The topological polar surface area (TPSA) is 20.3 Å². The van der Waals surface area contributed by atoms with Crippen LogP contribution in [0, 0.1) is 6.92 Å². The fraction of sp³-hybridized carbons (Fsp3) is 0.500. The minimum absolute atomic E-state index is 0.0509. The molecule has 1 amide bonds. The van der Waals surface area contributed by atoms with E-state index in [4.69, 9.17) is 0 Å². The second-order valence-electron chi connectivity index (χ2n) is 3.34. The van der Waals surface area contributed by atoms with Crippen LogP contribution in [0.25, 0.3) is 0 Å². The predicted octanol–water partition coefficient (Wildman–Crippen LogP) is 3.08. The highest BCUT2D eigenvalue weighted by Crippen LogP contribution is 2.21. The summed E-state index contributed by atoms with van der Waals surface area (Å²) in [5, 5.41) is 0. The largest absolute Gasteiger partial charge is 0.406 e. The third-order valence-corrected chi connectivity index (χ3v) is 2.98. The van der Waals surface area contributed by atoms with Gasteiger partial charge >= 0.3 is 6.18 Å². The molecular weight excluding hydrogens is 239 g/mol. The zero-order chi connectivity index (χ0) is 12.3. The Bertz CT molecular complexity index is 372. The molecule has 1 heterocycles. The van der Waals surface area contributed by atoms with Crippen molar-refractivity contribution in [3.8, 4) is 0 Å². The van der Waals surface area contributed by atoms with Crippen LogP contribution >= 0.6 is 11.3 Å². The summed E-state index contributed by atoms with van der Waals surface area (Å²) in [6.45, 7) is 2.19. The molecule has 1 aromatic heterocycles. The van der Waals surface area contributed by atoms with E-state index in [0.29, 0.717) is 4.88 Å². The molecule has 0 aliphatic carbocycles. The van der Waals surface area contributed by atoms with Crippen molar-refractivity contribution < 1.29 is 18.0 Å². The third kappa shape index (κ3) is 3.52. The van der Waals surface area contributed by atoms with E-state index in [1.165, 1.54) is 18.3 Å². The van der Waals surface area contributed by atoms with Crippen LogP contribution in [-0.2, 0) is 0 Å². The lowest BCUT2D eigenvalue weighted by Crippen LogP contribution is -2.38. The SMILES string of the molecule is CCN(CC(F)(F)F)C(=O)c1ccc(C)s1. The second kappa shape index (κ2) is 4.86. The van der Waals surface area contributed by atoms with Crippen LogP contribution in [0.3, 0.4) is 0 Å². The van der Waals surface area contributed by atoms with Crippen molar-refractivity contribution in [2.45, 2.75) is 20.0 Å². The van der Waals surface area contributed by atoms with Crippen LogP contribution in [0.15, 0.2) is 12.1 Å². The molecule has 90 valence electrons. The van der Waals surface area contributed by atoms with Crippen LogP contribution in [-0.4, -0.2) is 30.1 Å². The zero-order valence-electron chi connectivity index (χ0n) is 8.97. The van der Waals surface area contributed by atoms with Crippen molar-refractivity contribution >= 4 is 17.2 Å². The molecule has 2 nitrogen and oxygen atoms in total. The van der Waals surface area contributed by atoms with Crippen LogP contribution in [0.1, 0.15) is 21.5 Å². The number of carbonyl (C=O) groups is 1. The minimum atomic E-state index is -4.35. The molecule has 0 radical (unpaired) electrons. The molecule has 0 N–H and O–H groups in total. The molecule has 1 rings (SSSR count). The van der Waals surface area contributed by atoms with Gasteiger partial charge in [0.25, 0.3) is 5.91 Å². The number of hydrogen-bond acceptors (Lipinski definition) is 2. The summed E-state index contributed by atoms with van der Waals surface area (Å²) >= 11 is 1.21. The van der Waals surface area contributed by atoms with E-state index in [1.807, 2.05) is 6.92 Å². The van der Waals surface area contributed by atoms with E-state index in [9.17, 15) is 18.0 Å². The van der Waals surface area contributed by atoms with Gasteiger partial charge in [-0.15, -0.1) is 11.3 Å². The summed E-state index contributed by atoms with van der Waals surface area (Å²) in [6.07, 6.45) is -4.35. The van der Waals surface area contributed by atoms with Gasteiger partial charge in [0.05, 0.1) is 4.88 Å². The number of hydrogen-bond donors (Lipinski definition) is 0. The molecule has 0 atom stereocenters. The second-order valence-corrected chi connectivity index (χ2v) is 4.63. The van der Waals surface area contributed by atoms with E-state index in [0.717, 1.165) is 9.78 Å². The van der Waals surface area contributed by atoms with Gasteiger partial charge in [0.15, 0.2) is 0 Å². The first-order valence-electron chi connectivity index (χ1n) is 4.76. The molecule has 16 heavy (non-hydrogen) atoms. The summed E-state index contributed by atoms with van der Waals surface area (Å²) in [6, 6.07) is 3.28. The average molecular weight is 251 g/mol. The lowest BCUT2D eigenvalue weighted by molar-refractivity contribution is -0.140. The average Bonchev–Trinajstić information content (AvgIpc) is 2.58. The molecule has 1 aromatic rings. The summed E-state index contributed by atoms with van der Waals surface area (Å²) in [5.41, 5.74) is 0. The third-order valence-electron chi connectivity index (χ3n) is 1.99. The number of nitrogens with zero attached hydrogens (tertiary/aromatic N) is 1. The predicted molar refractivity (Wildman–Crippen MR) is 56.7 cm³/mol. The standard InChI is InChI=1S/C10H12F3NOS/c1-3-14(6-10(11,12)13)9(15)8-5-4-7(2)16-8/h4-5H,3,6H2,1-2H3. The maximum absolute atomic E-state index is 12.2. The molecule has 0 fully saturated rings. The number of thiophene rings is 1. The fourth-order valence-corrected chi connectivity index (χ4v) is 2.08. The minimum Gasteiger partial charge on any atom is -0.329 e. The monoisotopic (exact) mass is 251 g/mol. The van der Waals surface area contributed by atoms with Crippen LogP contribution < -0.4 is 0 Å². The molecule has 6 heteroatoms. The van der Waals surface area contributed by atoms with Crippen molar-refractivity contribution in [2.75, 3.05) is 13.1 Å². The Morgan fingerprint density at radius 2 is 2.06 bits per heavy atom. The zero-order valence-corrected chi connectivity index (χ0v) is 9.78. The number of aryl methyl sites for hydroxylation is 1. The highest BCUT2D eigenvalue weighted by molar-refractivity contribution is 7.13. The van der Waals surface area contributed by atoms with Crippen LogP contribution in [0.4, 0.5) is 13.2 Å². The Kier molecular flexibility index (Phi) is 3.96. The molecule has 0 aliphatic heterocycles. The Morgan fingerprint density at radius 1 is 1.44 bits per heavy atom.